The van der Waals surface area contributed by atoms with Crippen molar-refractivity contribution in [2.45, 2.75) is 53.9 Å². The monoisotopic (exact) mass is 220 g/mol. The highest BCUT2D eigenvalue weighted by Crippen LogP contribution is 2.24. The Morgan fingerprint density at radius 2 is 1.81 bits per heavy atom. The topological polar surface area (TPSA) is 0 Å². The highest BCUT2D eigenvalue weighted by atomic mass is 14.1. The smallest absolute Gasteiger partial charge is 0.0225 e. The average molecular weight is 220 g/mol. The molecule has 2 unspecified atom stereocenters. The van der Waals surface area contributed by atoms with Crippen LogP contribution in [0.25, 0.3) is 0 Å². The highest BCUT2D eigenvalue weighted by molar-refractivity contribution is 5.16. The number of rotatable bonds is 7. The van der Waals surface area contributed by atoms with E-state index in [1.165, 1.54) is 19.3 Å². The Morgan fingerprint density at radius 3 is 2.31 bits per heavy atom. The van der Waals surface area contributed by atoms with Crippen molar-refractivity contribution in [3.63, 3.8) is 0 Å². The van der Waals surface area contributed by atoms with Crippen molar-refractivity contribution >= 4 is 0 Å². The molecule has 0 spiro atoms. The normalized spacial score (nSPS) is 17.2. The van der Waals surface area contributed by atoms with E-state index in [4.69, 9.17) is 0 Å². The molecule has 2 atom stereocenters. The molecule has 92 valence electrons. The molecular weight excluding hydrogens is 192 g/mol. The van der Waals surface area contributed by atoms with Crippen LogP contribution < -0.4 is 0 Å². The Bertz CT molecular complexity index is 243. The van der Waals surface area contributed by atoms with Gasteiger partial charge in [0.2, 0.25) is 0 Å². The van der Waals surface area contributed by atoms with Crippen molar-refractivity contribution in [2.75, 3.05) is 0 Å². The van der Waals surface area contributed by atoms with Gasteiger partial charge in [0, 0.05) is 0 Å². The minimum absolute atomic E-state index is 0.654. The SMILES string of the molecule is CC=CC=C(CC(C)C=CC)C(C)CCC. The first-order valence-corrected chi connectivity index (χ1v) is 6.60. The minimum Gasteiger partial charge on any atom is -0.0914 e. The lowest BCUT2D eigenvalue weighted by Gasteiger charge is -2.17. The fourth-order valence-corrected chi connectivity index (χ4v) is 2.04. The molecule has 0 rings (SSSR count). The zero-order valence-electron chi connectivity index (χ0n) is 11.7. The maximum Gasteiger partial charge on any atom is -0.0225 e. The zero-order valence-corrected chi connectivity index (χ0v) is 11.7. The molecule has 0 aliphatic rings. The van der Waals surface area contributed by atoms with E-state index in [1.54, 1.807) is 5.57 Å². The van der Waals surface area contributed by atoms with Crippen LogP contribution in [0.5, 0.6) is 0 Å². The molecule has 0 heterocycles. The van der Waals surface area contributed by atoms with E-state index in [0.29, 0.717) is 11.8 Å². The molecule has 0 saturated carbocycles. The summed E-state index contributed by atoms with van der Waals surface area (Å²) in [5.74, 6) is 1.37. The molecule has 0 N–H and O–H groups in total. The van der Waals surface area contributed by atoms with E-state index in [9.17, 15) is 0 Å². The van der Waals surface area contributed by atoms with Crippen LogP contribution in [0.15, 0.2) is 36.0 Å². The van der Waals surface area contributed by atoms with Crippen LogP contribution >= 0.6 is 0 Å². The number of allylic oxidation sites excluding steroid dienone is 6. The first-order chi connectivity index (χ1) is 7.65. The summed E-state index contributed by atoms with van der Waals surface area (Å²) >= 11 is 0. The largest absolute Gasteiger partial charge is 0.0914 e. The third-order valence-electron chi connectivity index (χ3n) is 2.94. The van der Waals surface area contributed by atoms with Gasteiger partial charge in [-0.05, 0) is 38.5 Å². The molecule has 0 aromatic rings. The Balaban J connectivity index is 4.54. The highest BCUT2D eigenvalue weighted by Gasteiger charge is 2.09. The fraction of sp³-hybridized carbons (Fsp3) is 0.625. The van der Waals surface area contributed by atoms with E-state index in [1.807, 2.05) is 0 Å². The van der Waals surface area contributed by atoms with E-state index in [2.05, 4.69) is 65.0 Å². The summed E-state index contributed by atoms with van der Waals surface area (Å²) in [5, 5.41) is 0. The van der Waals surface area contributed by atoms with Gasteiger partial charge in [-0.2, -0.15) is 0 Å². The van der Waals surface area contributed by atoms with E-state index in [-0.39, 0.29) is 0 Å². The molecule has 0 saturated heterocycles. The van der Waals surface area contributed by atoms with Gasteiger partial charge in [-0.15, -0.1) is 0 Å². The average Bonchev–Trinajstić information content (AvgIpc) is 2.24. The van der Waals surface area contributed by atoms with Crippen LogP contribution in [0.3, 0.4) is 0 Å². The van der Waals surface area contributed by atoms with Crippen LogP contribution in [0.4, 0.5) is 0 Å². The lowest BCUT2D eigenvalue weighted by atomic mass is 9.88. The Labute approximate surface area is 102 Å². The maximum absolute atomic E-state index is 2.35. The Morgan fingerprint density at radius 1 is 1.12 bits per heavy atom. The Hall–Kier alpha value is -0.780. The van der Waals surface area contributed by atoms with Gasteiger partial charge < -0.3 is 0 Å². The van der Waals surface area contributed by atoms with Gasteiger partial charge in [0.15, 0.2) is 0 Å². The molecular formula is C16H28. The van der Waals surface area contributed by atoms with Crippen molar-refractivity contribution in [3.05, 3.63) is 36.0 Å². The van der Waals surface area contributed by atoms with Crippen molar-refractivity contribution in [3.8, 4) is 0 Å². The third kappa shape index (κ3) is 6.66. The molecule has 16 heavy (non-hydrogen) atoms. The lowest BCUT2D eigenvalue weighted by Crippen LogP contribution is -2.03. The van der Waals surface area contributed by atoms with Gasteiger partial charge in [0.1, 0.15) is 0 Å². The molecule has 0 nitrogen and oxygen atoms in total. The van der Waals surface area contributed by atoms with E-state index < -0.39 is 0 Å². The van der Waals surface area contributed by atoms with Gasteiger partial charge in [0.25, 0.3) is 0 Å². The standard InChI is InChI=1S/C16H28/c1-6-9-12-16(15(5)11-8-3)13-14(4)10-7-2/h6-7,9-10,12,14-15H,8,11,13H2,1-5H3. The predicted molar refractivity (Wildman–Crippen MR) is 75.6 cm³/mol. The summed E-state index contributed by atoms with van der Waals surface area (Å²) in [4.78, 5) is 0. The molecule has 0 aromatic heterocycles. The summed E-state index contributed by atoms with van der Waals surface area (Å²) in [7, 11) is 0. The van der Waals surface area contributed by atoms with Crippen LogP contribution in [0.1, 0.15) is 53.9 Å². The third-order valence-corrected chi connectivity index (χ3v) is 2.94. The minimum atomic E-state index is 0.654. The molecule has 0 heteroatoms. The second-order valence-corrected chi connectivity index (χ2v) is 4.66. The quantitative estimate of drug-likeness (QED) is 0.391. The van der Waals surface area contributed by atoms with Crippen molar-refractivity contribution in [2.24, 2.45) is 11.8 Å². The second kappa shape index (κ2) is 9.45. The van der Waals surface area contributed by atoms with Crippen molar-refractivity contribution in [1.29, 1.82) is 0 Å². The van der Waals surface area contributed by atoms with Gasteiger partial charge in [0.05, 0.1) is 0 Å². The van der Waals surface area contributed by atoms with Gasteiger partial charge in [-0.3, -0.25) is 0 Å². The van der Waals surface area contributed by atoms with Gasteiger partial charge in [-0.25, -0.2) is 0 Å². The molecule has 0 aliphatic carbocycles. The van der Waals surface area contributed by atoms with E-state index in [0.717, 1.165) is 0 Å². The van der Waals surface area contributed by atoms with E-state index >= 15 is 0 Å². The number of hydrogen-bond donors (Lipinski definition) is 0. The summed E-state index contributed by atoms with van der Waals surface area (Å²) in [6.07, 6.45) is 14.8. The first kappa shape index (κ1) is 15.2. The molecule has 0 aliphatic heterocycles. The number of hydrogen-bond acceptors (Lipinski definition) is 0. The fourth-order valence-electron chi connectivity index (χ4n) is 2.04. The molecule has 0 fully saturated rings. The molecule has 0 bridgehead atoms. The second-order valence-electron chi connectivity index (χ2n) is 4.66. The van der Waals surface area contributed by atoms with Crippen LogP contribution in [0.2, 0.25) is 0 Å². The summed E-state index contributed by atoms with van der Waals surface area (Å²) < 4.78 is 0. The predicted octanol–water partition coefficient (Wildman–Crippen LogP) is 5.53. The maximum atomic E-state index is 2.35. The van der Waals surface area contributed by atoms with Gasteiger partial charge >= 0.3 is 0 Å². The van der Waals surface area contributed by atoms with Crippen molar-refractivity contribution < 1.29 is 0 Å². The van der Waals surface area contributed by atoms with Gasteiger partial charge in [-0.1, -0.05) is 63.1 Å². The zero-order chi connectivity index (χ0) is 12.4. The van der Waals surface area contributed by atoms with Crippen LogP contribution in [-0.2, 0) is 0 Å². The molecule has 0 radical (unpaired) electrons. The lowest BCUT2D eigenvalue weighted by molar-refractivity contribution is 0.551. The van der Waals surface area contributed by atoms with Crippen LogP contribution in [0, 0.1) is 11.8 Å². The summed E-state index contributed by atoms with van der Waals surface area (Å²) in [6.45, 7) is 11.1. The summed E-state index contributed by atoms with van der Waals surface area (Å²) in [6, 6.07) is 0. The first-order valence-electron chi connectivity index (χ1n) is 6.60. The Kier molecular flexibility index (Phi) is 8.99. The van der Waals surface area contributed by atoms with Crippen LogP contribution in [-0.4, -0.2) is 0 Å². The molecule has 0 amide bonds. The van der Waals surface area contributed by atoms with Crippen molar-refractivity contribution in [1.82, 2.24) is 0 Å². The summed E-state index contributed by atoms with van der Waals surface area (Å²) in [5.41, 5.74) is 1.59. The molecule has 0 aromatic carbocycles.